The number of pyridine rings is 1. The van der Waals surface area contributed by atoms with Gasteiger partial charge in [-0.25, -0.2) is 9.37 Å². The molecule has 5 heteroatoms. The van der Waals surface area contributed by atoms with Crippen molar-refractivity contribution >= 4 is 11.6 Å². The molecule has 0 bridgehead atoms. The zero-order chi connectivity index (χ0) is 12.1. The van der Waals surface area contributed by atoms with E-state index in [-0.39, 0.29) is 23.3 Å². The summed E-state index contributed by atoms with van der Waals surface area (Å²) in [6.45, 7) is 4.51. The minimum Gasteiger partial charge on any atom is -0.392 e. The third-order valence-corrected chi connectivity index (χ3v) is 2.51. The third kappa shape index (κ3) is 4.04. The third-order valence-electron chi connectivity index (χ3n) is 2.30. The molecule has 1 atom stereocenters. The molecule has 1 aromatic rings. The van der Waals surface area contributed by atoms with Gasteiger partial charge in [-0.3, -0.25) is 0 Å². The molecule has 0 amide bonds. The first kappa shape index (κ1) is 13.4. The van der Waals surface area contributed by atoms with E-state index in [9.17, 15) is 9.50 Å². The van der Waals surface area contributed by atoms with Gasteiger partial charge in [0.2, 0.25) is 0 Å². The highest BCUT2D eigenvalue weighted by Crippen LogP contribution is 2.09. The summed E-state index contributed by atoms with van der Waals surface area (Å²) >= 11 is 5.65. The Morgan fingerprint density at radius 2 is 2.19 bits per heavy atom. The zero-order valence-electron chi connectivity index (χ0n) is 9.37. The van der Waals surface area contributed by atoms with Crippen LogP contribution < -0.4 is 5.32 Å². The van der Waals surface area contributed by atoms with Gasteiger partial charge < -0.3 is 10.4 Å². The lowest BCUT2D eigenvalue weighted by atomic mass is 10.1. The smallest absolute Gasteiger partial charge is 0.146 e. The Hall–Kier alpha value is -0.710. The summed E-state index contributed by atoms with van der Waals surface area (Å²) < 4.78 is 13.2. The number of halogens is 2. The summed E-state index contributed by atoms with van der Waals surface area (Å²) in [5.41, 5.74) is 0.267. The molecule has 1 rings (SSSR count). The Kier molecular flexibility index (Phi) is 5.12. The number of hydrogen-bond acceptors (Lipinski definition) is 3. The summed E-state index contributed by atoms with van der Waals surface area (Å²) in [5.74, 6) is -0.222. The van der Waals surface area contributed by atoms with Crippen molar-refractivity contribution in [2.45, 2.75) is 26.5 Å². The van der Waals surface area contributed by atoms with Crippen molar-refractivity contribution in [2.75, 3.05) is 6.54 Å². The number of nitrogens with zero attached hydrogens (tertiary/aromatic N) is 1. The first-order valence-electron chi connectivity index (χ1n) is 5.20. The van der Waals surface area contributed by atoms with E-state index in [1.165, 1.54) is 12.1 Å². The Morgan fingerprint density at radius 1 is 1.50 bits per heavy atom. The van der Waals surface area contributed by atoms with Crippen molar-refractivity contribution in [1.29, 1.82) is 0 Å². The van der Waals surface area contributed by atoms with E-state index in [0.717, 1.165) is 0 Å². The molecule has 3 nitrogen and oxygen atoms in total. The fraction of sp³-hybridized carbons (Fsp3) is 0.545. The van der Waals surface area contributed by atoms with Crippen molar-refractivity contribution < 1.29 is 9.50 Å². The molecule has 0 aromatic carbocycles. The van der Waals surface area contributed by atoms with Crippen LogP contribution in [0.5, 0.6) is 0 Å². The number of aliphatic hydroxyl groups is 1. The van der Waals surface area contributed by atoms with Gasteiger partial charge in [0.1, 0.15) is 11.0 Å². The molecular formula is C11H16ClFN2O. The summed E-state index contributed by atoms with van der Waals surface area (Å²) in [6.07, 6.45) is -0.442. The molecule has 0 fully saturated rings. The van der Waals surface area contributed by atoms with Crippen molar-refractivity contribution in [2.24, 2.45) is 5.92 Å². The van der Waals surface area contributed by atoms with Gasteiger partial charge in [-0.1, -0.05) is 25.4 Å². The van der Waals surface area contributed by atoms with Crippen LogP contribution in [0.1, 0.15) is 19.5 Å². The molecule has 0 aliphatic rings. The maximum absolute atomic E-state index is 13.2. The second kappa shape index (κ2) is 6.13. The Morgan fingerprint density at radius 3 is 2.81 bits per heavy atom. The van der Waals surface area contributed by atoms with Gasteiger partial charge in [0.05, 0.1) is 11.8 Å². The largest absolute Gasteiger partial charge is 0.392 e. The van der Waals surface area contributed by atoms with Crippen LogP contribution in [-0.2, 0) is 6.54 Å². The minimum atomic E-state index is -0.442. The average Bonchev–Trinajstić information content (AvgIpc) is 2.22. The fourth-order valence-corrected chi connectivity index (χ4v) is 1.32. The number of rotatable bonds is 5. The maximum Gasteiger partial charge on any atom is 0.146 e. The number of aromatic nitrogens is 1. The van der Waals surface area contributed by atoms with Crippen LogP contribution in [0.25, 0.3) is 0 Å². The molecule has 16 heavy (non-hydrogen) atoms. The molecule has 1 unspecified atom stereocenters. The van der Waals surface area contributed by atoms with Gasteiger partial charge in [-0.05, 0) is 18.1 Å². The van der Waals surface area contributed by atoms with Gasteiger partial charge in [0.15, 0.2) is 0 Å². The van der Waals surface area contributed by atoms with E-state index in [0.29, 0.717) is 6.54 Å². The topological polar surface area (TPSA) is 45.1 Å². The quantitative estimate of drug-likeness (QED) is 0.781. The molecule has 0 aliphatic heterocycles. The number of nitrogens with one attached hydrogen (secondary N) is 1. The Bertz CT molecular complexity index is 347. The molecule has 1 aromatic heterocycles. The molecule has 1 heterocycles. The highest BCUT2D eigenvalue weighted by atomic mass is 35.5. The Labute approximate surface area is 99.7 Å². The van der Waals surface area contributed by atoms with E-state index < -0.39 is 11.9 Å². The van der Waals surface area contributed by atoms with Gasteiger partial charge in [0, 0.05) is 13.1 Å². The van der Waals surface area contributed by atoms with Gasteiger partial charge in [0.25, 0.3) is 0 Å². The van der Waals surface area contributed by atoms with Crippen LogP contribution >= 0.6 is 11.6 Å². The Balaban J connectivity index is 2.45. The fourth-order valence-electron chi connectivity index (χ4n) is 1.16. The second-order valence-corrected chi connectivity index (χ2v) is 4.39. The molecule has 0 aliphatic carbocycles. The van der Waals surface area contributed by atoms with Crippen molar-refractivity contribution in [3.05, 3.63) is 28.8 Å². The van der Waals surface area contributed by atoms with Gasteiger partial charge in [-0.15, -0.1) is 0 Å². The summed E-state index contributed by atoms with van der Waals surface area (Å²) in [7, 11) is 0. The summed E-state index contributed by atoms with van der Waals surface area (Å²) in [5, 5.41) is 12.7. The second-order valence-electron chi connectivity index (χ2n) is 4.00. The molecule has 90 valence electrons. The SMILES string of the molecule is CC(C)C(O)CNCc1nc(Cl)ccc1F. The predicted octanol–water partition coefficient (Wildman–Crippen LogP) is 1.98. The van der Waals surface area contributed by atoms with E-state index in [1.807, 2.05) is 13.8 Å². The van der Waals surface area contributed by atoms with Gasteiger partial charge in [-0.2, -0.15) is 0 Å². The van der Waals surface area contributed by atoms with Crippen LogP contribution in [0.2, 0.25) is 5.15 Å². The van der Waals surface area contributed by atoms with Crippen molar-refractivity contribution in [3.63, 3.8) is 0 Å². The first-order chi connectivity index (χ1) is 7.50. The van der Waals surface area contributed by atoms with Crippen LogP contribution in [0, 0.1) is 11.7 Å². The highest BCUT2D eigenvalue weighted by molar-refractivity contribution is 6.29. The molecule has 0 radical (unpaired) electrons. The lowest BCUT2D eigenvalue weighted by Gasteiger charge is -2.14. The molecule has 0 spiro atoms. The van der Waals surface area contributed by atoms with E-state index in [2.05, 4.69) is 10.3 Å². The standard InChI is InChI=1S/C11H16ClFN2O/c1-7(2)10(16)6-14-5-9-8(13)3-4-11(12)15-9/h3-4,7,10,14,16H,5-6H2,1-2H3. The molecule has 0 saturated heterocycles. The van der Waals surface area contributed by atoms with Crippen molar-refractivity contribution in [3.8, 4) is 0 Å². The highest BCUT2D eigenvalue weighted by Gasteiger charge is 2.09. The van der Waals surface area contributed by atoms with Gasteiger partial charge >= 0.3 is 0 Å². The van der Waals surface area contributed by atoms with E-state index >= 15 is 0 Å². The van der Waals surface area contributed by atoms with Crippen molar-refractivity contribution in [1.82, 2.24) is 10.3 Å². The average molecular weight is 247 g/mol. The van der Waals surface area contributed by atoms with Crippen LogP contribution in [0.3, 0.4) is 0 Å². The summed E-state index contributed by atoms with van der Waals surface area (Å²) in [6, 6.07) is 2.69. The molecule has 2 N–H and O–H groups in total. The first-order valence-corrected chi connectivity index (χ1v) is 5.58. The molecular weight excluding hydrogens is 231 g/mol. The maximum atomic E-state index is 13.2. The zero-order valence-corrected chi connectivity index (χ0v) is 10.1. The van der Waals surface area contributed by atoms with E-state index in [1.54, 1.807) is 0 Å². The predicted molar refractivity (Wildman–Crippen MR) is 61.8 cm³/mol. The molecule has 0 saturated carbocycles. The van der Waals surface area contributed by atoms with Crippen LogP contribution in [0.4, 0.5) is 4.39 Å². The minimum absolute atomic E-state index is 0.171. The lowest BCUT2D eigenvalue weighted by Crippen LogP contribution is -2.30. The summed E-state index contributed by atoms with van der Waals surface area (Å²) in [4.78, 5) is 3.86. The normalized spacial score (nSPS) is 13.1. The van der Waals surface area contributed by atoms with Crippen LogP contribution in [-0.4, -0.2) is 22.7 Å². The number of aliphatic hydroxyl groups excluding tert-OH is 1. The van der Waals surface area contributed by atoms with Crippen LogP contribution in [0.15, 0.2) is 12.1 Å². The number of hydrogen-bond donors (Lipinski definition) is 2. The monoisotopic (exact) mass is 246 g/mol. The van der Waals surface area contributed by atoms with E-state index in [4.69, 9.17) is 11.6 Å². The lowest BCUT2D eigenvalue weighted by molar-refractivity contribution is 0.123.